The number of hydrogen-bond acceptors (Lipinski definition) is 2. The summed E-state index contributed by atoms with van der Waals surface area (Å²) in [5.41, 5.74) is 6.28. The average molecular weight is 279 g/mol. The van der Waals surface area contributed by atoms with Gasteiger partial charge in [0, 0.05) is 4.47 Å². The molecule has 2 atom stereocenters. The Morgan fingerprint density at radius 1 is 1.57 bits per heavy atom. The van der Waals surface area contributed by atoms with E-state index in [1.807, 2.05) is 19.1 Å². The fourth-order valence-corrected chi connectivity index (χ4v) is 1.59. The molecule has 1 rings (SSSR count). The lowest BCUT2D eigenvalue weighted by atomic mass is 9.98. The molecule has 0 saturated carbocycles. The zero-order valence-electron chi connectivity index (χ0n) is 7.87. The number of halogens is 2. The molecule has 0 saturated heterocycles. The Morgan fingerprint density at radius 2 is 2.21 bits per heavy atom. The summed E-state index contributed by atoms with van der Waals surface area (Å²) in [7, 11) is 0. The molecular formula is C10H13BrClNO. The first-order valence-electron chi connectivity index (χ1n) is 4.39. The van der Waals surface area contributed by atoms with Crippen LogP contribution in [0.4, 0.5) is 0 Å². The van der Waals surface area contributed by atoms with Gasteiger partial charge in [-0.15, -0.1) is 0 Å². The number of aliphatic hydroxyl groups excluding tert-OH is 1. The molecule has 0 radical (unpaired) electrons. The maximum absolute atomic E-state index is 9.85. The Bertz CT molecular complexity index is 319. The van der Waals surface area contributed by atoms with Crippen molar-refractivity contribution in [1.82, 2.24) is 0 Å². The second kappa shape index (κ2) is 5.12. The summed E-state index contributed by atoms with van der Waals surface area (Å²) in [5.74, 6) is 0.0345. The Morgan fingerprint density at radius 3 is 2.71 bits per heavy atom. The molecule has 1 aromatic carbocycles. The van der Waals surface area contributed by atoms with Crippen molar-refractivity contribution >= 4 is 27.5 Å². The van der Waals surface area contributed by atoms with Gasteiger partial charge in [0.05, 0.1) is 11.1 Å². The van der Waals surface area contributed by atoms with E-state index in [2.05, 4.69) is 15.9 Å². The average Bonchev–Trinajstić information content (AvgIpc) is 2.20. The fourth-order valence-electron chi connectivity index (χ4n) is 1.15. The van der Waals surface area contributed by atoms with E-state index in [-0.39, 0.29) is 5.92 Å². The lowest BCUT2D eigenvalue weighted by Gasteiger charge is -2.17. The minimum absolute atomic E-state index is 0.0345. The standard InChI is InChI=1S/C10H13BrClNO/c1-6(5-13)10(14)7-2-3-8(11)9(12)4-7/h2-4,6,10,14H,5,13H2,1H3. The van der Waals surface area contributed by atoms with Crippen molar-refractivity contribution in [3.05, 3.63) is 33.3 Å². The Balaban J connectivity index is 2.91. The summed E-state index contributed by atoms with van der Waals surface area (Å²) in [5, 5.41) is 10.5. The van der Waals surface area contributed by atoms with Gasteiger partial charge >= 0.3 is 0 Å². The van der Waals surface area contributed by atoms with Crippen molar-refractivity contribution in [2.75, 3.05) is 6.54 Å². The van der Waals surface area contributed by atoms with E-state index in [1.54, 1.807) is 6.07 Å². The van der Waals surface area contributed by atoms with Crippen LogP contribution in [0.25, 0.3) is 0 Å². The van der Waals surface area contributed by atoms with Crippen LogP contribution in [-0.2, 0) is 0 Å². The Kier molecular flexibility index (Phi) is 4.38. The van der Waals surface area contributed by atoms with E-state index in [0.29, 0.717) is 11.6 Å². The number of rotatable bonds is 3. The van der Waals surface area contributed by atoms with Gasteiger partial charge in [0.15, 0.2) is 0 Å². The van der Waals surface area contributed by atoms with E-state index in [1.165, 1.54) is 0 Å². The molecule has 0 aliphatic heterocycles. The SMILES string of the molecule is CC(CN)C(O)c1ccc(Br)c(Cl)c1. The number of hydrogen-bond donors (Lipinski definition) is 2. The maximum atomic E-state index is 9.85. The molecule has 0 heterocycles. The molecule has 2 unspecified atom stereocenters. The van der Waals surface area contributed by atoms with Crippen LogP contribution in [0.5, 0.6) is 0 Å². The van der Waals surface area contributed by atoms with Crippen LogP contribution < -0.4 is 5.73 Å². The van der Waals surface area contributed by atoms with Crippen LogP contribution in [0.3, 0.4) is 0 Å². The van der Waals surface area contributed by atoms with E-state index in [9.17, 15) is 5.11 Å². The molecule has 0 spiro atoms. The van der Waals surface area contributed by atoms with Crippen molar-refractivity contribution in [3.8, 4) is 0 Å². The van der Waals surface area contributed by atoms with Gasteiger partial charge in [-0.2, -0.15) is 0 Å². The van der Waals surface area contributed by atoms with Crippen LogP contribution in [0.15, 0.2) is 22.7 Å². The summed E-state index contributed by atoms with van der Waals surface area (Å²) in [6, 6.07) is 5.42. The van der Waals surface area contributed by atoms with Crippen LogP contribution in [0.1, 0.15) is 18.6 Å². The first-order chi connectivity index (χ1) is 6.56. The van der Waals surface area contributed by atoms with Gasteiger partial charge in [0.1, 0.15) is 0 Å². The van der Waals surface area contributed by atoms with Crippen LogP contribution in [0, 0.1) is 5.92 Å². The van der Waals surface area contributed by atoms with Crippen molar-refractivity contribution in [1.29, 1.82) is 0 Å². The maximum Gasteiger partial charge on any atom is 0.0828 e. The highest BCUT2D eigenvalue weighted by molar-refractivity contribution is 9.10. The summed E-state index contributed by atoms with van der Waals surface area (Å²) in [6.07, 6.45) is -0.550. The van der Waals surface area contributed by atoms with E-state index in [4.69, 9.17) is 17.3 Å². The summed E-state index contributed by atoms with van der Waals surface area (Å²) < 4.78 is 0.829. The summed E-state index contributed by atoms with van der Waals surface area (Å²) in [4.78, 5) is 0. The third-order valence-electron chi connectivity index (χ3n) is 2.20. The van der Waals surface area contributed by atoms with Crippen molar-refractivity contribution in [2.45, 2.75) is 13.0 Å². The predicted octanol–water partition coefficient (Wildman–Crippen LogP) is 2.73. The molecule has 0 bridgehead atoms. The number of benzene rings is 1. The van der Waals surface area contributed by atoms with Crippen LogP contribution in [-0.4, -0.2) is 11.7 Å². The second-order valence-corrected chi connectivity index (χ2v) is 4.59. The van der Waals surface area contributed by atoms with Crippen molar-refractivity contribution in [3.63, 3.8) is 0 Å². The highest BCUT2D eigenvalue weighted by Crippen LogP contribution is 2.28. The topological polar surface area (TPSA) is 46.2 Å². The predicted molar refractivity (Wildman–Crippen MR) is 62.3 cm³/mol. The van der Waals surface area contributed by atoms with Crippen LogP contribution >= 0.6 is 27.5 Å². The normalized spacial score (nSPS) is 15.2. The largest absolute Gasteiger partial charge is 0.388 e. The van der Waals surface area contributed by atoms with Gasteiger partial charge in [-0.3, -0.25) is 0 Å². The molecule has 1 aromatic rings. The molecule has 0 amide bonds. The number of aliphatic hydroxyl groups is 1. The molecule has 0 aliphatic carbocycles. The zero-order chi connectivity index (χ0) is 10.7. The van der Waals surface area contributed by atoms with Gasteiger partial charge in [-0.05, 0) is 46.1 Å². The first kappa shape index (κ1) is 12.0. The molecule has 0 aromatic heterocycles. The van der Waals surface area contributed by atoms with Crippen molar-refractivity contribution in [2.24, 2.45) is 11.7 Å². The third-order valence-corrected chi connectivity index (χ3v) is 3.43. The fraction of sp³-hybridized carbons (Fsp3) is 0.400. The number of nitrogens with two attached hydrogens (primary N) is 1. The first-order valence-corrected chi connectivity index (χ1v) is 5.56. The lowest BCUT2D eigenvalue weighted by molar-refractivity contribution is 0.122. The third kappa shape index (κ3) is 2.70. The highest BCUT2D eigenvalue weighted by Gasteiger charge is 2.15. The molecule has 0 fully saturated rings. The second-order valence-electron chi connectivity index (χ2n) is 3.33. The van der Waals surface area contributed by atoms with Gasteiger partial charge in [-0.1, -0.05) is 24.6 Å². The molecule has 14 heavy (non-hydrogen) atoms. The Hall–Kier alpha value is -0.0900. The molecule has 4 heteroatoms. The highest BCUT2D eigenvalue weighted by atomic mass is 79.9. The van der Waals surface area contributed by atoms with E-state index in [0.717, 1.165) is 10.0 Å². The van der Waals surface area contributed by atoms with E-state index >= 15 is 0 Å². The minimum atomic E-state index is -0.550. The monoisotopic (exact) mass is 277 g/mol. The molecule has 2 nitrogen and oxygen atoms in total. The van der Waals surface area contributed by atoms with Crippen molar-refractivity contribution < 1.29 is 5.11 Å². The molecule has 0 aliphatic rings. The van der Waals surface area contributed by atoms with Crippen LogP contribution in [0.2, 0.25) is 5.02 Å². The van der Waals surface area contributed by atoms with Gasteiger partial charge in [0.25, 0.3) is 0 Å². The van der Waals surface area contributed by atoms with Gasteiger partial charge < -0.3 is 10.8 Å². The summed E-state index contributed by atoms with van der Waals surface area (Å²) >= 11 is 9.21. The Labute approximate surface area is 97.2 Å². The van der Waals surface area contributed by atoms with E-state index < -0.39 is 6.10 Å². The molecule has 3 N–H and O–H groups in total. The molecule has 78 valence electrons. The molecular weight excluding hydrogens is 265 g/mol. The zero-order valence-corrected chi connectivity index (χ0v) is 10.2. The van der Waals surface area contributed by atoms with Gasteiger partial charge in [-0.25, -0.2) is 0 Å². The quantitative estimate of drug-likeness (QED) is 0.893. The smallest absolute Gasteiger partial charge is 0.0828 e. The summed E-state index contributed by atoms with van der Waals surface area (Å²) in [6.45, 7) is 2.36. The minimum Gasteiger partial charge on any atom is -0.388 e. The van der Waals surface area contributed by atoms with Gasteiger partial charge in [0.2, 0.25) is 0 Å². The lowest BCUT2D eigenvalue weighted by Crippen LogP contribution is -2.18.